The predicted molar refractivity (Wildman–Crippen MR) is 79.8 cm³/mol. The van der Waals surface area contributed by atoms with Crippen molar-refractivity contribution in [3.63, 3.8) is 0 Å². The highest BCUT2D eigenvalue weighted by Gasteiger charge is 2.25. The molecule has 0 aliphatic carbocycles. The average Bonchev–Trinajstić information content (AvgIpc) is 2.58. The molecule has 0 aromatic heterocycles. The molecule has 1 aromatic rings. The lowest BCUT2D eigenvalue weighted by atomic mass is 10.3. The molecule has 1 heterocycles. The quantitative estimate of drug-likeness (QED) is 0.799. The number of alkyl halides is 1. The first-order chi connectivity index (χ1) is 7.69. The Balaban J connectivity index is 2.04. The first-order valence-electron chi connectivity index (χ1n) is 5.02. The minimum absolute atomic E-state index is 0.374. The largest absolute Gasteiger partial charge is 0.335 e. The summed E-state index contributed by atoms with van der Waals surface area (Å²) in [6.45, 7) is 2.15. The van der Waals surface area contributed by atoms with Gasteiger partial charge in [0.2, 0.25) is 0 Å². The molecule has 0 amide bonds. The van der Waals surface area contributed by atoms with E-state index in [0.29, 0.717) is 11.3 Å². The van der Waals surface area contributed by atoms with Gasteiger partial charge in [-0.25, -0.2) is 0 Å². The molecule has 0 spiro atoms. The minimum Gasteiger partial charge on any atom is -0.335 e. The lowest BCUT2D eigenvalue weighted by Gasteiger charge is -2.08. The Labute approximate surface area is 117 Å². The number of nitrogens with zero attached hydrogens (tertiary/aromatic N) is 1. The number of benzene rings is 1. The first kappa shape index (κ1) is 12.5. The third-order valence-electron chi connectivity index (χ3n) is 2.35. The molecule has 2 unspecified atom stereocenters. The van der Waals surface area contributed by atoms with Gasteiger partial charge in [-0.05, 0) is 25.1 Å². The smallest absolute Gasteiger partial charge is 0.161 e. The number of anilines is 1. The summed E-state index contributed by atoms with van der Waals surface area (Å²) >= 11 is 8.76. The summed E-state index contributed by atoms with van der Waals surface area (Å²) < 4.78 is 1.08. The van der Waals surface area contributed by atoms with Gasteiger partial charge in [-0.3, -0.25) is 4.99 Å². The van der Waals surface area contributed by atoms with Crippen LogP contribution < -0.4 is 5.32 Å². The summed E-state index contributed by atoms with van der Waals surface area (Å²) in [5.41, 5.74) is 1.07. The van der Waals surface area contributed by atoms with Gasteiger partial charge in [-0.2, -0.15) is 0 Å². The minimum atomic E-state index is 0.374. The Morgan fingerprint density at radius 3 is 2.94 bits per heavy atom. The van der Waals surface area contributed by atoms with Gasteiger partial charge in [-0.1, -0.05) is 49.7 Å². The molecule has 2 rings (SSSR count). The molecule has 16 heavy (non-hydrogen) atoms. The Hall–Kier alpha value is -0.000000000000000222. The van der Waals surface area contributed by atoms with Crippen molar-refractivity contribution in [2.75, 3.05) is 10.6 Å². The molecule has 1 aliphatic rings. The van der Waals surface area contributed by atoms with Crippen molar-refractivity contribution in [1.82, 2.24) is 0 Å². The number of aliphatic imine (C=N–C) groups is 1. The monoisotopic (exact) mass is 362 g/mol. The van der Waals surface area contributed by atoms with Crippen LogP contribution in [-0.2, 0) is 0 Å². The van der Waals surface area contributed by atoms with Gasteiger partial charge in [0, 0.05) is 20.7 Å². The SMILES string of the molecule is CC1N=C(Nc2cccc(Br)c2)SC1CBr. The third-order valence-corrected chi connectivity index (χ3v) is 5.26. The molecular formula is C11H12Br2N2S. The standard InChI is InChI=1S/C11H12Br2N2S/c1-7-10(6-12)16-11(14-7)15-9-4-2-3-8(13)5-9/h2-5,7,10H,6H2,1H3,(H,14,15). The van der Waals surface area contributed by atoms with Gasteiger partial charge >= 0.3 is 0 Å². The van der Waals surface area contributed by atoms with Crippen LogP contribution in [0.2, 0.25) is 0 Å². The zero-order valence-electron chi connectivity index (χ0n) is 8.78. The van der Waals surface area contributed by atoms with Crippen LogP contribution in [0.15, 0.2) is 33.7 Å². The van der Waals surface area contributed by atoms with Crippen LogP contribution in [-0.4, -0.2) is 21.8 Å². The van der Waals surface area contributed by atoms with Crippen molar-refractivity contribution in [1.29, 1.82) is 0 Å². The Bertz CT molecular complexity index is 409. The highest BCUT2D eigenvalue weighted by molar-refractivity contribution is 9.10. The fourth-order valence-electron chi connectivity index (χ4n) is 1.45. The van der Waals surface area contributed by atoms with E-state index < -0.39 is 0 Å². The summed E-state index contributed by atoms with van der Waals surface area (Å²) in [7, 11) is 0. The molecule has 1 aliphatic heterocycles. The fourth-order valence-corrected chi connectivity index (χ4v) is 3.80. The molecule has 1 N–H and O–H groups in total. The van der Waals surface area contributed by atoms with Gasteiger partial charge in [0.15, 0.2) is 5.17 Å². The lowest BCUT2D eigenvalue weighted by molar-refractivity contribution is 0.758. The van der Waals surface area contributed by atoms with Gasteiger partial charge in [0.1, 0.15) is 0 Å². The van der Waals surface area contributed by atoms with Crippen molar-refractivity contribution >= 4 is 54.5 Å². The number of hydrogen-bond acceptors (Lipinski definition) is 3. The van der Waals surface area contributed by atoms with Gasteiger partial charge in [0.25, 0.3) is 0 Å². The molecule has 0 saturated carbocycles. The molecule has 1 aromatic carbocycles. The maximum absolute atomic E-state index is 4.59. The van der Waals surface area contributed by atoms with E-state index in [2.05, 4.69) is 55.2 Å². The Morgan fingerprint density at radius 2 is 2.31 bits per heavy atom. The van der Waals surface area contributed by atoms with Gasteiger partial charge < -0.3 is 5.32 Å². The van der Waals surface area contributed by atoms with Gasteiger partial charge in [-0.15, -0.1) is 0 Å². The summed E-state index contributed by atoms with van der Waals surface area (Å²) in [6.07, 6.45) is 0. The van der Waals surface area contributed by atoms with E-state index in [1.165, 1.54) is 0 Å². The van der Waals surface area contributed by atoms with Crippen molar-refractivity contribution in [2.45, 2.75) is 18.2 Å². The Kier molecular flexibility index (Phi) is 4.33. The second kappa shape index (κ2) is 5.56. The fraction of sp³-hybridized carbons (Fsp3) is 0.364. The van der Waals surface area contributed by atoms with Crippen molar-refractivity contribution in [2.24, 2.45) is 4.99 Å². The number of thioether (sulfide) groups is 1. The molecule has 5 heteroatoms. The van der Waals surface area contributed by atoms with Crippen LogP contribution in [0.1, 0.15) is 6.92 Å². The van der Waals surface area contributed by atoms with E-state index in [-0.39, 0.29) is 0 Å². The zero-order chi connectivity index (χ0) is 11.5. The normalized spacial score (nSPS) is 24.3. The van der Waals surface area contributed by atoms with E-state index in [4.69, 9.17) is 0 Å². The number of rotatable bonds is 2. The lowest BCUT2D eigenvalue weighted by Crippen LogP contribution is -2.14. The van der Waals surface area contributed by atoms with E-state index in [0.717, 1.165) is 20.7 Å². The second-order valence-corrected chi connectivity index (χ2v) is 6.41. The Morgan fingerprint density at radius 1 is 1.50 bits per heavy atom. The molecule has 0 saturated heterocycles. The van der Waals surface area contributed by atoms with Gasteiger partial charge in [0.05, 0.1) is 6.04 Å². The van der Waals surface area contributed by atoms with Crippen LogP contribution >= 0.6 is 43.6 Å². The summed E-state index contributed by atoms with van der Waals surface area (Å²) in [5, 5.41) is 5.86. The first-order valence-corrected chi connectivity index (χ1v) is 7.81. The van der Waals surface area contributed by atoms with E-state index in [1.54, 1.807) is 11.8 Å². The van der Waals surface area contributed by atoms with Crippen molar-refractivity contribution in [3.8, 4) is 0 Å². The van der Waals surface area contributed by atoms with Crippen LogP contribution in [0.4, 0.5) is 5.69 Å². The second-order valence-electron chi connectivity index (χ2n) is 3.62. The van der Waals surface area contributed by atoms with E-state index in [1.807, 2.05) is 18.2 Å². The van der Waals surface area contributed by atoms with Crippen molar-refractivity contribution in [3.05, 3.63) is 28.7 Å². The highest BCUT2D eigenvalue weighted by atomic mass is 79.9. The van der Waals surface area contributed by atoms with Crippen molar-refractivity contribution < 1.29 is 0 Å². The predicted octanol–water partition coefficient (Wildman–Crippen LogP) is 4.12. The highest BCUT2D eigenvalue weighted by Crippen LogP contribution is 2.29. The molecule has 2 atom stereocenters. The molecular weight excluding hydrogens is 352 g/mol. The third kappa shape index (κ3) is 3.02. The topological polar surface area (TPSA) is 24.4 Å². The van der Waals surface area contributed by atoms with Crippen LogP contribution in [0.3, 0.4) is 0 Å². The van der Waals surface area contributed by atoms with Crippen LogP contribution in [0, 0.1) is 0 Å². The summed E-state index contributed by atoms with van der Waals surface area (Å²) in [4.78, 5) is 4.59. The molecule has 2 nitrogen and oxygen atoms in total. The number of halogens is 2. The molecule has 0 fully saturated rings. The summed E-state index contributed by atoms with van der Waals surface area (Å²) in [6, 6.07) is 8.49. The van der Waals surface area contributed by atoms with Crippen LogP contribution in [0.25, 0.3) is 0 Å². The number of nitrogens with one attached hydrogen (secondary N) is 1. The average molecular weight is 364 g/mol. The van der Waals surface area contributed by atoms with E-state index in [9.17, 15) is 0 Å². The molecule has 0 radical (unpaired) electrons. The molecule has 0 bridgehead atoms. The molecule has 86 valence electrons. The zero-order valence-corrected chi connectivity index (χ0v) is 12.8. The maximum Gasteiger partial charge on any atom is 0.161 e. The number of amidine groups is 1. The van der Waals surface area contributed by atoms with E-state index >= 15 is 0 Å². The maximum atomic E-state index is 4.59. The summed E-state index contributed by atoms with van der Waals surface area (Å²) in [5.74, 6) is 0. The number of hydrogen-bond donors (Lipinski definition) is 1. The van der Waals surface area contributed by atoms with Crippen LogP contribution in [0.5, 0.6) is 0 Å².